The third-order valence-corrected chi connectivity index (χ3v) is 12.3. The number of carbonyl (C=O) groups is 2. The van der Waals surface area contributed by atoms with Gasteiger partial charge in [0.2, 0.25) is 0 Å². The van der Waals surface area contributed by atoms with Gasteiger partial charge in [0, 0.05) is 12.8 Å². The lowest BCUT2D eigenvalue weighted by Gasteiger charge is -2.15. The first-order valence-electron chi connectivity index (χ1n) is 29.1. The molecule has 0 amide bonds. The van der Waals surface area contributed by atoms with Crippen LogP contribution < -0.4 is 0 Å². The van der Waals surface area contributed by atoms with Crippen molar-refractivity contribution in [3.05, 3.63) is 122 Å². The number of allylic oxidation sites excluding steroid dienone is 20. The molecule has 0 aliphatic heterocycles. The number of hydrogen-bond acceptors (Lipinski definition) is 5. The lowest BCUT2D eigenvalue weighted by atomic mass is 10.0. The molecule has 5 heteroatoms. The van der Waals surface area contributed by atoms with E-state index in [9.17, 15) is 14.7 Å². The Morgan fingerprint density at radius 3 is 0.857 bits per heavy atom. The fraction of sp³-hybridized carbons (Fsp3) is 0.662. The van der Waals surface area contributed by atoms with Crippen LogP contribution in [0.15, 0.2) is 122 Å². The predicted octanol–water partition coefficient (Wildman–Crippen LogP) is 19.9. The monoisotopic (exact) mass is 969 g/mol. The van der Waals surface area contributed by atoms with Gasteiger partial charge in [-0.2, -0.15) is 0 Å². The van der Waals surface area contributed by atoms with Gasteiger partial charge in [-0.3, -0.25) is 9.59 Å². The zero-order valence-electron chi connectivity index (χ0n) is 45.5. The lowest BCUT2D eigenvalue weighted by Crippen LogP contribution is -2.28. The summed E-state index contributed by atoms with van der Waals surface area (Å²) in [6.45, 7) is 3.92. The van der Waals surface area contributed by atoms with Crippen molar-refractivity contribution in [2.75, 3.05) is 13.2 Å². The Hall–Kier alpha value is -3.70. The molecule has 0 spiro atoms. The van der Waals surface area contributed by atoms with E-state index >= 15 is 0 Å². The van der Waals surface area contributed by atoms with Gasteiger partial charge in [-0.1, -0.05) is 264 Å². The molecule has 1 atom stereocenters. The number of aliphatic hydroxyl groups excluding tert-OH is 1. The van der Waals surface area contributed by atoms with Crippen molar-refractivity contribution in [3.8, 4) is 0 Å². The van der Waals surface area contributed by atoms with Crippen molar-refractivity contribution in [1.29, 1.82) is 0 Å². The van der Waals surface area contributed by atoms with E-state index in [-0.39, 0.29) is 25.2 Å². The van der Waals surface area contributed by atoms with E-state index in [0.717, 1.165) is 103 Å². The molecule has 0 fully saturated rings. The van der Waals surface area contributed by atoms with E-state index in [1.165, 1.54) is 128 Å². The van der Waals surface area contributed by atoms with Gasteiger partial charge in [0.25, 0.3) is 0 Å². The first-order chi connectivity index (χ1) is 34.6. The third kappa shape index (κ3) is 56.9. The molecule has 398 valence electrons. The highest BCUT2D eigenvalue weighted by Gasteiger charge is 2.16. The molecular formula is C65H108O5. The number of unbranched alkanes of at least 4 members (excludes halogenated alkanes) is 24. The summed E-state index contributed by atoms with van der Waals surface area (Å²) in [6.07, 6.45) is 87.4. The third-order valence-electron chi connectivity index (χ3n) is 12.3. The van der Waals surface area contributed by atoms with Gasteiger partial charge < -0.3 is 14.6 Å². The number of rotatable bonds is 52. The number of aliphatic hydroxyl groups is 1. The highest BCUT2D eigenvalue weighted by atomic mass is 16.6. The minimum absolute atomic E-state index is 0.0727. The van der Waals surface area contributed by atoms with Gasteiger partial charge >= 0.3 is 11.9 Å². The second kappa shape index (κ2) is 59.6. The molecule has 0 rings (SSSR count). The molecule has 70 heavy (non-hydrogen) atoms. The Kier molecular flexibility index (Phi) is 56.5. The van der Waals surface area contributed by atoms with Crippen LogP contribution in [0.4, 0.5) is 0 Å². The van der Waals surface area contributed by atoms with Crippen molar-refractivity contribution >= 4 is 11.9 Å². The average molecular weight is 970 g/mol. The maximum Gasteiger partial charge on any atom is 0.306 e. The molecule has 1 unspecified atom stereocenters. The van der Waals surface area contributed by atoms with Crippen LogP contribution in [-0.4, -0.2) is 36.4 Å². The van der Waals surface area contributed by atoms with Gasteiger partial charge in [0.1, 0.15) is 6.61 Å². The molecular weight excluding hydrogens is 861 g/mol. The van der Waals surface area contributed by atoms with Crippen molar-refractivity contribution in [1.82, 2.24) is 0 Å². The fourth-order valence-corrected chi connectivity index (χ4v) is 7.96. The van der Waals surface area contributed by atoms with Crippen LogP contribution in [0.5, 0.6) is 0 Å². The van der Waals surface area contributed by atoms with Crippen molar-refractivity contribution in [3.63, 3.8) is 0 Å². The van der Waals surface area contributed by atoms with Crippen molar-refractivity contribution < 1.29 is 24.2 Å². The summed E-state index contributed by atoms with van der Waals surface area (Å²) in [5.74, 6) is -0.596. The highest BCUT2D eigenvalue weighted by Crippen LogP contribution is 2.16. The van der Waals surface area contributed by atoms with Crippen molar-refractivity contribution in [2.24, 2.45) is 0 Å². The molecule has 0 radical (unpaired) electrons. The average Bonchev–Trinajstić information content (AvgIpc) is 3.36. The van der Waals surface area contributed by atoms with Gasteiger partial charge in [-0.15, -0.1) is 0 Å². The van der Waals surface area contributed by atoms with E-state index in [2.05, 4.69) is 135 Å². The zero-order chi connectivity index (χ0) is 50.6. The summed E-state index contributed by atoms with van der Waals surface area (Å²) < 4.78 is 10.7. The summed E-state index contributed by atoms with van der Waals surface area (Å²) >= 11 is 0. The molecule has 0 aromatic carbocycles. The quantitative estimate of drug-likeness (QED) is 0.0374. The first kappa shape index (κ1) is 66.3. The lowest BCUT2D eigenvalue weighted by molar-refractivity contribution is -0.161. The molecule has 0 aromatic heterocycles. The highest BCUT2D eigenvalue weighted by molar-refractivity contribution is 5.70. The molecule has 0 aliphatic rings. The van der Waals surface area contributed by atoms with Gasteiger partial charge in [-0.25, -0.2) is 0 Å². The van der Waals surface area contributed by atoms with Crippen LogP contribution in [0.3, 0.4) is 0 Å². The van der Waals surface area contributed by atoms with Crippen molar-refractivity contribution in [2.45, 2.75) is 264 Å². The first-order valence-corrected chi connectivity index (χ1v) is 29.1. The van der Waals surface area contributed by atoms with Crippen LogP contribution in [-0.2, 0) is 19.1 Å². The second-order valence-corrected chi connectivity index (χ2v) is 19.0. The van der Waals surface area contributed by atoms with Crippen LogP contribution in [0, 0.1) is 0 Å². The molecule has 0 heterocycles. The van der Waals surface area contributed by atoms with E-state index in [1.54, 1.807) is 0 Å². The maximum atomic E-state index is 12.3. The molecule has 5 nitrogen and oxygen atoms in total. The Bertz CT molecular complexity index is 1420. The largest absolute Gasteiger partial charge is 0.462 e. The Morgan fingerprint density at radius 2 is 0.571 bits per heavy atom. The summed E-state index contributed by atoms with van der Waals surface area (Å²) in [5.41, 5.74) is 0. The number of esters is 2. The molecule has 0 bridgehead atoms. The van der Waals surface area contributed by atoms with Crippen LogP contribution in [0.1, 0.15) is 258 Å². The Balaban J connectivity index is 3.52. The van der Waals surface area contributed by atoms with E-state index in [4.69, 9.17) is 9.47 Å². The minimum Gasteiger partial charge on any atom is -0.462 e. The standard InChI is InChI=1S/C65H108O5/c1-3-5-7-9-11-13-15-17-19-21-23-25-27-29-30-31-32-33-34-36-38-40-42-44-46-48-50-52-54-56-58-60-65(68)70-63(61-66)62-69-64(67)59-57-55-53-51-49-47-45-43-41-39-37-35-28-26-24-22-20-18-16-14-12-10-8-6-4-2/h5-8,11-14,17-20,23-26,29-30,32-33,63,66H,3-4,9-10,15-16,21-22,27-28,31,34-62H2,1-2H3/b7-5-,8-6-,13-11-,14-12-,19-17-,20-18-,25-23-,26-24-,30-29-,33-32-. The van der Waals surface area contributed by atoms with Gasteiger partial charge in [-0.05, 0) is 103 Å². The Morgan fingerprint density at radius 1 is 0.329 bits per heavy atom. The van der Waals surface area contributed by atoms with E-state index in [0.29, 0.717) is 12.8 Å². The number of carbonyl (C=O) groups excluding carboxylic acids is 2. The van der Waals surface area contributed by atoms with Gasteiger partial charge in [0.15, 0.2) is 6.10 Å². The molecule has 0 aromatic rings. The van der Waals surface area contributed by atoms with E-state index in [1.807, 2.05) is 0 Å². The summed E-state index contributed by atoms with van der Waals surface area (Å²) in [6, 6.07) is 0. The topological polar surface area (TPSA) is 72.8 Å². The Labute approximate surface area is 433 Å². The predicted molar refractivity (Wildman–Crippen MR) is 306 cm³/mol. The molecule has 0 aliphatic carbocycles. The minimum atomic E-state index is -0.782. The fourth-order valence-electron chi connectivity index (χ4n) is 7.96. The molecule has 0 saturated heterocycles. The van der Waals surface area contributed by atoms with E-state index < -0.39 is 6.10 Å². The summed E-state index contributed by atoms with van der Waals surface area (Å²) in [4.78, 5) is 24.6. The van der Waals surface area contributed by atoms with Crippen LogP contribution in [0.25, 0.3) is 0 Å². The number of hydrogen-bond donors (Lipinski definition) is 1. The van der Waals surface area contributed by atoms with Crippen LogP contribution >= 0.6 is 0 Å². The second-order valence-electron chi connectivity index (χ2n) is 19.0. The smallest absolute Gasteiger partial charge is 0.306 e. The number of ether oxygens (including phenoxy) is 2. The SMILES string of the molecule is CC/C=C\C/C=C\C/C=C\C/C=C\C/C=C\C/C=C\CCCCCCCCCCCCCCC(=O)OC(CO)COC(=O)CCCCCCCCCCCCCC/C=C\C/C=C\C/C=C\C/C=C\CC. The van der Waals surface area contributed by atoms with Gasteiger partial charge in [0.05, 0.1) is 6.61 Å². The zero-order valence-corrected chi connectivity index (χ0v) is 45.5. The normalized spacial score (nSPS) is 13.1. The maximum absolute atomic E-state index is 12.3. The molecule has 1 N–H and O–H groups in total. The summed E-state index contributed by atoms with van der Waals surface area (Å²) in [7, 11) is 0. The summed E-state index contributed by atoms with van der Waals surface area (Å²) in [5, 5.41) is 9.67. The molecule has 0 saturated carbocycles. The van der Waals surface area contributed by atoms with Crippen LogP contribution in [0.2, 0.25) is 0 Å².